The Balaban J connectivity index is 1.70. The summed E-state index contributed by atoms with van der Waals surface area (Å²) in [6.07, 6.45) is -2.63. The van der Waals surface area contributed by atoms with E-state index in [0.29, 0.717) is 31.8 Å². The van der Waals surface area contributed by atoms with Gasteiger partial charge in [0.25, 0.3) is 0 Å². The van der Waals surface area contributed by atoms with Crippen molar-refractivity contribution in [3.8, 4) is 11.4 Å². The van der Waals surface area contributed by atoms with Gasteiger partial charge in [-0.2, -0.15) is 18.2 Å². The van der Waals surface area contributed by atoms with Gasteiger partial charge in [0.2, 0.25) is 17.6 Å². The second-order valence-corrected chi connectivity index (χ2v) is 5.32. The lowest BCUT2D eigenvalue weighted by molar-refractivity contribution is -0.137. The van der Waals surface area contributed by atoms with E-state index < -0.39 is 11.7 Å². The zero-order chi connectivity index (χ0) is 16.4. The molecule has 0 N–H and O–H groups in total. The molecule has 8 heteroatoms. The van der Waals surface area contributed by atoms with Gasteiger partial charge in [0.1, 0.15) is 0 Å². The lowest BCUT2D eigenvalue weighted by Crippen LogP contribution is -2.26. The van der Waals surface area contributed by atoms with Crippen LogP contribution in [-0.4, -0.2) is 34.0 Å². The molecule has 0 bridgehead atoms. The predicted molar refractivity (Wildman–Crippen MR) is 74.3 cm³/mol. The average molecular weight is 325 g/mol. The van der Waals surface area contributed by atoms with Crippen molar-refractivity contribution in [2.24, 2.45) is 0 Å². The SMILES string of the molecule is O=C1CCCN1CCc1nc(-c2cccc(C(F)(F)F)c2)no1. The topological polar surface area (TPSA) is 59.2 Å². The first kappa shape index (κ1) is 15.5. The van der Waals surface area contributed by atoms with Gasteiger partial charge in [0, 0.05) is 31.5 Å². The van der Waals surface area contributed by atoms with Gasteiger partial charge >= 0.3 is 6.18 Å². The smallest absolute Gasteiger partial charge is 0.342 e. The minimum Gasteiger partial charge on any atom is -0.342 e. The van der Waals surface area contributed by atoms with Crippen molar-refractivity contribution in [2.45, 2.75) is 25.4 Å². The molecule has 122 valence electrons. The maximum Gasteiger partial charge on any atom is 0.416 e. The number of nitrogens with zero attached hydrogens (tertiary/aromatic N) is 3. The lowest BCUT2D eigenvalue weighted by Gasteiger charge is -2.13. The largest absolute Gasteiger partial charge is 0.416 e. The Labute approximate surface area is 130 Å². The summed E-state index contributed by atoms with van der Waals surface area (Å²) in [7, 11) is 0. The number of aromatic nitrogens is 2. The maximum atomic E-state index is 12.7. The Morgan fingerprint density at radius 3 is 2.83 bits per heavy atom. The van der Waals surface area contributed by atoms with Gasteiger partial charge in [0.05, 0.1) is 5.56 Å². The number of benzene rings is 1. The van der Waals surface area contributed by atoms with Gasteiger partial charge in [-0.05, 0) is 18.6 Å². The van der Waals surface area contributed by atoms with Crippen LogP contribution in [0.3, 0.4) is 0 Å². The molecule has 1 aliphatic rings. The molecule has 0 radical (unpaired) electrons. The molecule has 23 heavy (non-hydrogen) atoms. The highest BCUT2D eigenvalue weighted by Crippen LogP contribution is 2.31. The van der Waals surface area contributed by atoms with Crippen molar-refractivity contribution in [3.05, 3.63) is 35.7 Å². The third-order valence-electron chi connectivity index (χ3n) is 3.68. The highest BCUT2D eigenvalue weighted by Gasteiger charge is 2.30. The fraction of sp³-hybridized carbons (Fsp3) is 0.400. The molecule has 1 aliphatic heterocycles. The fourth-order valence-corrected chi connectivity index (χ4v) is 2.48. The van der Waals surface area contributed by atoms with E-state index in [0.717, 1.165) is 18.6 Å². The van der Waals surface area contributed by atoms with Gasteiger partial charge in [-0.1, -0.05) is 17.3 Å². The molecule has 0 spiro atoms. The number of rotatable bonds is 4. The first-order valence-electron chi connectivity index (χ1n) is 7.21. The molecule has 0 saturated carbocycles. The molecule has 3 rings (SSSR count). The number of amides is 1. The Kier molecular flexibility index (Phi) is 4.06. The molecule has 2 aromatic rings. The molecule has 0 atom stereocenters. The van der Waals surface area contributed by atoms with E-state index in [1.165, 1.54) is 12.1 Å². The summed E-state index contributed by atoms with van der Waals surface area (Å²) >= 11 is 0. The third-order valence-corrected chi connectivity index (χ3v) is 3.68. The minimum absolute atomic E-state index is 0.0996. The van der Waals surface area contributed by atoms with Crippen LogP contribution >= 0.6 is 0 Å². The standard InChI is InChI=1S/C15H14F3N3O2/c16-15(17,18)11-4-1-3-10(9-11)14-19-12(23-20-14)6-8-21-7-2-5-13(21)22/h1,3-4,9H,2,5-8H2. The first-order chi connectivity index (χ1) is 10.9. The first-order valence-corrected chi connectivity index (χ1v) is 7.21. The van der Waals surface area contributed by atoms with E-state index in [9.17, 15) is 18.0 Å². The van der Waals surface area contributed by atoms with E-state index in [1.807, 2.05) is 0 Å². The van der Waals surface area contributed by atoms with Crippen LogP contribution in [0.25, 0.3) is 11.4 Å². The maximum absolute atomic E-state index is 12.7. The fourth-order valence-electron chi connectivity index (χ4n) is 2.48. The molecule has 1 aromatic carbocycles. The Bertz CT molecular complexity index is 712. The van der Waals surface area contributed by atoms with Crippen molar-refractivity contribution >= 4 is 5.91 Å². The molecule has 5 nitrogen and oxygen atoms in total. The highest BCUT2D eigenvalue weighted by atomic mass is 19.4. The van der Waals surface area contributed by atoms with Crippen LogP contribution in [0.5, 0.6) is 0 Å². The second-order valence-electron chi connectivity index (χ2n) is 5.32. The normalized spacial score (nSPS) is 15.4. The monoisotopic (exact) mass is 325 g/mol. The number of carbonyl (C=O) groups is 1. The van der Waals surface area contributed by atoms with Gasteiger partial charge in [-0.25, -0.2) is 0 Å². The number of likely N-dealkylation sites (tertiary alicyclic amines) is 1. The quantitative estimate of drug-likeness (QED) is 0.867. The summed E-state index contributed by atoms with van der Waals surface area (Å²) < 4.78 is 43.2. The summed E-state index contributed by atoms with van der Waals surface area (Å²) in [5.74, 6) is 0.513. The second kappa shape index (κ2) is 6.02. The van der Waals surface area contributed by atoms with E-state index in [-0.39, 0.29) is 17.3 Å². The molecular weight excluding hydrogens is 311 g/mol. The van der Waals surface area contributed by atoms with E-state index >= 15 is 0 Å². The van der Waals surface area contributed by atoms with Gasteiger partial charge in [-0.3, -0.25) is 4.79 Å². The molecule has 0 aliphatic carbocycles. The number of alkyl halides is 3. The van der Waals surface area contributed by atoms with Crippen LogP contribution in [0.4, 0.5) is 13.2 Å². The Morgan fingerprint density at radius 1 is 1.30 bits per heavy atom. The number of halogens is 3. The zero-order valence-electron chi connectivity index (χ0n) is 12.1. The molecule has 0 unspecified atom stereocenters. The van der Waals surface area contributed by atoms with Crippen LogP contribution in [0.1, 0.15) is 24.3 Å². The van der Waals surface area contributed by atoms with Crippen LogP contribution in [0, 0.1) is 0 Å². The highest BCUT2D eigenvalue weighted by molar-refractivity contribution is 5.78. The van der Waals surface area contributed by atoms with Crippen molar-refractivity contribution in [3.63, 3.8) is 0 Å². The summed E-state index contributed by atoms with van der Waals surface area (Å²) in [6, 6.07) is 4.77. The zero-order valence-corrected chi connectivity index (χ0v) is 12.1. The van der Waals surface area contributed by atoms with Crippen LogP contribution < -0.4 is 0 Å². The summed E-state index contributed by atoms with van der Waals surface area (Å²) in [5, 5.41) is 3.72. The van der Waals surface area contributed by atoms with Gasteiger partial charge < -0.3 is 9.42 Å². The van der Waals surface area contributed by atoms with E-state index in [4.69, 9.17) is 4.52 Å². The summed E-state index contributed by atoms with van der Waals surface area (Å²) in [6.45, 7) is 1.19. The average Bonchev–Trinajstić information content (AvgIpc) is 3.13. The Hall–Kier alpha value is -2.38. The van der Waals surface area contributed by atoms with Gasteiger partial charge in [-0.15, -0.1) is 0 Å². The third kappa shape index (κ3) is 3.52. The molecule has 1 fully saturated rings. The lowest BCUT2D eigenvalue weighted by atomic mass is 10.1. The van der Waals surface area contributed by atoms with Crippen LogP contribution in [-0.2, 0) is 17.4 Å². The number of hydrogen-bond acceptors (Lipinski definition) is 4. The van der Waals surface area contributed by atoms with Gasteiger partial charge in [0.15, 0.2) is 0 Å². The molecule has 1 amide bonds. The summed E-state index contributed by atoms with van der Waals surface area (Å²) in [4.78, 5) is 17.3. The Morgan fingerprint density at radius 2 is 2.13 bits per heavy atom. The van der Waals surface area contributed by atoms with Crippen LogP contribution in [0.15, 0.2) is 28.8 Å². The van der Waals surface area contributed by atoms with Crippen molar-refractivity contribution in [1.82, 2.24) is 15.0 Å². The van der Waals surface area contributed by atoms with Crippen LogP contribution in [0.2, 0.25) is 0 Å². The van der Waals surface area contributed by atoms with Crippen molar-refractivity contribution in [1.29, 1.82) is 0 Å². The summed E-state index contributed by atoms with van der Waals surface area (Å²) in [5.41, 5.74) is -0.518. The van der Waals surface area contributed by atoms with E-state index in [1.54, 1.807) is 4.90 Å². The van der Waals surface area contributed by atoms with Crippen molar-refractivity contribution in [2.75, 3.05) is 13.1 Å². The molecular formula is C15H14F3N3O2. The molecule has 1 aromatic heterocycles. The van der Waals surface area contributed by atoms with E-state index in [2.05, 4.69) is 10.1 Å². The molecule has 2 heterocycles. The van der Waals surface area contributed by atoms with Crippen molar-refractivity contribution < 1.29 is 22.5 Å². The number of carbonyl (C=O) groups excluding carboxylic acids is 1. The molecule has 1 saturated heterocycles. The number of hydrogen-bond donors (Lipinski definition) is 0. The predicted octanol–water partition coefficient (Wildman–Crippen LogP) is 2.92. The minimum atomic E-state index is -4.42.